The number of hydrogen-bond acceptors (Lipinski definition) is 6. The molecule has 0 atom stereocenters. The van der Waals surface area contributed by atoms with E-state index in [1.807, 2.05) is 4.90 Å². The third kappa shape index (κ3) is 2.89. The van der Waals surface area contributed by atoms with Crippen LogP contribution in [0.25, 0.3) is 11.3 Å². The molecule has 1 saturated heterocycles. The molecule has 0 aliphatic carbocycles. The highest BCUT2D eigenvalue weighted by molar-refractivity contribution is 7.14. The standard InChI is InChI=1S/C16H15N3O2S2/c20-15(12-1-7-21-9-12)18-3-5-19(6-4-18)16-17-14(11-23-16)13-2-8-22-10-13/h1-2,7-11H,3-6H2. The lowest BCUT2D eigenvalue weighted by Gasteiger charge is -2.34. The highest BCUT2D eigenvalue weighted by Gasteiger charge is 2.24. The summed E-state index contributed by atoms with van der Waals surface area (Å²) in [5.74, 6) is 0.0384. The van der Waals surface area contributed by atoms with E-state index < -0.39 is 0 Å². The first kappa shape index (κ1) is 14.5. The molecule has 3 aromatic rings. The fraction of sp³-hybridized carbons (Fsp3) is 0.250. The van der Waals surface area contributed by atoms with Crippen molar-refractivity contribution in [1.29, 1.82) is 0 Å². The molecule has 0 saturated carbocycles. The Morgan fingerprint density at radius 1 is 1.17 bits per heavy atom. The molecule has 3 aromatic heterocycles. The molecule has 1 aliphatic heterocycles. The number of hydrogen-bond donors (Lipinski definition) is 0. The molecule has 1 fully saturated rings. The quantitative estimate of drug-likeness (QED) is 0.730. The van der Waals surface area contributed by atoms with Crippen LogP contribution in [0.15, 0.2) is 45.2 Å². The Hall–Kier alpha value is -2.12. The van der Waals surface area contributed by atoms with Gasteiger partial charge in [0.2, 0.25) is 0 Å². The first-order valence-electron chi connectivity index (χ1n) is 7.36. The summed E-state index contributed by atoms with van der Waals surface area (Å²) in [6.07, 6.45) is 3.04. The second-order valence-corrected chi connectivity index (χ2v) is 6.94. The lowest BCUT2D eigenvalue weighted by Crippen LogP contribution is -2.48. The van der Waals surface area contributed by atoms with E-state index in [0.29, 0.717) is 18.7 Å². The van der Waals surface area contributed by atoms with E-state index in [2.05, 4.69) is 27.1 Å². The van der Waals surface area contributed by atoms with Crippen LogP contribution < -0.4 is 4.90 Å². The predicted molar refractivity (Wildman–Crippen MR) is 92.3 cm³/mol. The second-order valence-electron chi connectivity index (χ2n) is 5.32. The van der Waals surface area contributed by atoms with Crippen molar-refractivity contribution in [3.63, 3.8) is 0 Å². The number of furan rings is 1. The highest BCUT2D eigenvalue weighted by Crippen LogP contribution is 2.29. The summed E-state index contributed by atoms with van der Waals surface area (Å²) >= 11 is 3.34. The molecule has 1 aliphatic rings. The van der Waals surface area contributed by atoms with Crippen molar-refractivity contribution in [2.24, 2.45) is 0 Å². The molecular formula is C16H15N3O2S2. The van der Waals surface area contributed by atoms with Gasteiger partial charge in [0.15, 0.2) is 5.13 Å². The van der Waals surface area contributed by atoms with E-state index in [-0.39, 0.29) is 5.91 Å². The SMILES string of the molecule is O=C(c1ccoc1)N1CCN(c2nc(-c3ccsc3)cs2)CC1. The predicted octanol–water partition coefficient (Wildman–Crippen LogP) is 3.43. The molecule has 0 radical (unpaired) electrons. The minimum absolute atomic E-state index is 0.0384. The number of thiazole rings is 1. The number of nitrogens with zero attached hydrogens (tertiary/aromatic N) is 3. The molecule has 7 heteroatoms. The van der Waals surface area contributed by atoms with Gasteiger partial charge in [-0.05, 0) is 17.5 Å². The van der Waals surface area contributed by atoms with Gasteiger partial charge < -0.3 is 14.2 Å². The summed E-state index contributed by atoms with van der Waals surface area (Å²) in [4.78, 5) is 21.1. The number of carbonyl (C=O) groups excluding carboxylic acids is 1. The van der Waals surface area contributed by atoms with E-state index in [1.165, 1.54) is 18.1 Å². The Kier molecular flexibility index (Phi) is 3.88. The second kappa shape index (κ2) is 6.17. The Bertz CT molecular complexity index is 772. The number of carbonyl (C=O) groups is 1. The van der Waals surface area contributed by atoms with E-state index in [1.54, 1.807) is 28.7 Å². The van der Waals surface area contributed by atoms with Gasteiger partial charge >= 0.3 is 0 Å². The summed E-state index contributed by atoms with van der Waals surface area (Å²) < 4.78 is 4.99. The normalized spacial score (nSPS) is 15.1. The molecule has 4 heterocycles. The smallest absolute Gasteiger partial charge is 0.257 e. The van der Waals surface area contributed by atoms with Crippen LogP contribution >= 0.6 is 22.7 Å². The van der Waals surface area contributed by atoms with Crippen LogP contribution in [-0.4, -0.2) is 42.0 Å². The monoisotopic (exact) mass is 345 g/mol. The van der Waals surface area contributed by atoms with Gasteiger partial charge in [-0.25, -0.2) is 4.98 Å². The van der Waals surface area contributed by atoms with Gasteiger partial charge in [0.05, 0.1) is 17.5 Å². The van der Waals surface area contributed by atoms with Crippen molar-refractivity contribution in [2.45, 2.75) is 0 Å². The fourth-order valence-electron chi connectivity index (χ4n) is 2.62. The summed E-state index contributed by atoms with van der Waals surface area (Å²) in [6.45, 7) is 3.02. The summed E-state index contributed by atoms with van der Waals surface area (Å²) in [7, 11) is 0. The van der Waals surface area contributed by atoms with Crippen LogP contribution in [-0.2, 0) is 0 Å². The van der Waals surface area contributed by atoms with Gasteiger partial charge in [0.25, 0.3) is 5.91 Å². The molecule has 4 rings (SSSR count). The zero-order valence-electron chi connectivity index (χ0n) is 12.3. The molecule has 0 spiro atoms. The van der Waals surface area contributed by atoms with Gasteiger partial charge in [0, 0.05) is 42.5 Å². The Morgan fingerprint density at radius 2 is 2.04 bits per heavy atom. The van der Waals surface area contributed by atoms with Crippen LogP contribution in [0.2, 0.25) is 0 Å². The maximum absolute atomic E-state index is 12.3. The number of piperazine rings is 1. The molecule has 5 nitrogen and oxygen atoms in total. The van der Waals surface area contributed by atoms with E-state index in [0.717, 1.165) is 23.9 Å². The number of aromatic nitrogens is 1. The summed E-state index contributed by atoms with van der Waals surface area (Å²) in [6, 6.07) is 3.80. The van der Waals surface area contributed by atoms with Crippen molar-refractivity contribution in [3.8, 4) is 11.3 Å². The zero-order valence-corrected chi connectivity index (χ0v) is 14.0. The van der Waals surface area contributed by atoms with Crippen LogP contribution in [0, 0.1) is 0 Å². The van der Waals surface area contributed by atoms with Crippen molar-refractivity contribution >= 4 is 33.7 Å². The highest BCUT2D eigenvalue weighted by atomic mass is 32.1. The average molecular weight is 345 g/mol. The van der Waals surface area contributed by atoms with Crippen molar-refractivity contribution < 1.29 is 9.21 Å². The Balaban J connectivity index is 1.41. The molecule has 0 unspecified atom stereocenters. The van der Waals surface area contributed by atoms with E-state index >= 15 is 0 Å². The molecule has 1 amide bonds. The number of thiophene rings is 1. The molecule has 0 N–H and O–H groups in total. The van der Waals surface area contributed by atoms with Gasteiger partial charge in [0.1, 0.15) is 6.26 Å². The van der Waals surface area contributed by atoms with Crippen molar-refractivity contribution in [1.82, 2.24) is 9.88 Å². The topological polar surface area (TPSA) is 49.6 Å². The lowest BCUT2D eigenvalue weighted by molar-refractivity contribution is 0.0746. The number of anilines is 1. The van der Waals surface area contributed by atoms with Crippen LogP contribution in [0.3, 0.4) is 0 Å². The lowest BCUT2D eigenvalue weighted by atomic mass is 10.2. The Labute approximate surface area is 141 Å². The van der Waals surface area contributed by atoms with Gasteiger partial charge in [-0.15, -0.1) is 11.3 Å². The molecule has 118 valence electrons. The molecule has 0 bridgehead atoms. The number of rotatable bonds is 3. The van der Waals surface area contributed by atoms with Crippen LogP contribution in [0.5, 0.6) is 0 Å². The van der Waals surface area contributed by atoms with E-state index in [9.17, 15) is 4.79 Å². The van der Waals surface area contributed by atoms with E-state index in [4.69, 9.17) is 9.40 Å². The molecule has 0 aromatic carbocycles. The molecule has 23 heavy (non-hydrogen) atoms. The molecular weight excluding hydrogens is 330 g/mol. The summed E-state index contributed by atoms with van der Waals surface area (Å²) in [5.41, 5.74) is 2.82. The maximum Gasteiger partial charge on any atom is 0.257 e. The first-order chi connectivity index (χ1) is 11.3. The largest absolute Gasteiger partial charge is 0.472 e. The van der Waals surface area contributed by atoms with Gasteiger partial charge in [-0.1, -0.05) is 0 Å². The maximum atomic E-state index is 12.3. The summed E-state index contributed by atoms with van der Waals surface area (Å²) in [5, 5.41) is 7.30. The van der Waals surface area contributed by atoms with Crippen LogP contribution in [0.4, 0.5) is 5.13 Å². The van der Waals surface area contributed by atoms with Gasteiger partial charge in [-0.3, -0.25) is 4.79 Å². The average Bonchev–Trinajstić information content (AvgIpc) is 3.36. The first-order valence-corrected chi connectivity index (χ1v) is 9.18. The minimum Gasteiger partial charge on any atom is -0.472 e. The zero-order chi connectivity index (χ0) is 15.6. The number of amides is 1. The minimum atomic E-state index is 0.0384. The van der Waals surface area contributed by atoms with Gasteiger partial charge in [-0.2, -0.15) is 11.3 Å². The Morgan fingerprint density at radius 3 is 2.74 bits per heavy atom. The fourth-order valence-corrected chi connectivity index (χ4v) is 4.16. The van der Waals surface area contributed by atoms with Crippen molar-refractivity contribution in [2.75, 3.05) is 31.1 Å². The van der Waals surface area contributed by atoms with Crippen molar-refractivity contribution in [3.05, 3.63) is 46.4 Å². The third-order valence-electron chi connectivity index (χ3n) is 3.91. The van der Waals surface area contributed by atoms with Crippen LogP contribution in [0.1, 0.15) is 10.4 Å². The third-order valence-corrected chi connectivity index (χ3v) is 5.50.